The van der Waals surface area contributed by atoms with Crippen LogP contribution in [0.25, 0.3) is 11.0 Å². The van der Waals surface area contributed by atoms with Crippen molar-refractivity contribution in [2.24, 2.45) is 0 Å². The predicted molar refractivity (Wildman–Crippen MR) is 132 cm³/mol. The number of rotatable bonds is 7. The van der Waals surface area contributed by atoms with Gasteiger partial charge in [-0.25, -0.2) is 0 Å². The molecule has 1 fully saturated rings. The normalized spacial score (nSPS) is 18.2. The summed E-state index contributed by atoms with van der Waals surface area (Å²) in [5.41, 5.74) is 2.35. The van der Waals surface area contributed by atoms with Crippen LogP contribution in [0, 0.1) is 6.92 Å². The zero-order chi connectivity index (χ0) is 24.5. The van der Waals surface area contributed by atoms with Gasteiger partial charge in [0.2, 0.25) is 5.76 Å². The summed E-state index contributed by atoms with van der Waals surface area (Å²) in [6, 6.07) is 10.4. The summed E-state index contributed by atoms with van der Waals surface area (Å²) in [7, 11) is 1.58. The number of methoxy groups -OCH3 is 1. The maximum atomic E-state index is 13.8. The minimum atomic E-state index is -0.579. The van der Waals surface area contributed by atoms with Crippen molar-refractivity contribution in [3.8, 4) is 11.5 Å². The largest absolute Gasteiger partial charge is 0.493 e. The van der Waals surface area contributed by atoms with Crippen LogP contribution in [0.1, 0.15) is 40.2 Å². The molecule has 2 aliphatic rings. The van der Waals surface area contributed by atoms with Gasteiger partial charge in [0.05, 0.1) is 43.9 Å². The molecule has 0 unspecified atom stereocenters. The van der Waals surface area contributed by atoms with Crippen LogP contribution in [0.4, 0.5) is 0 Å². The van der Waals surface area contributed by atoms with E-state index in [-0.39, 0.29) is 17.1 Å². The van der Waals surface area contributed by atoms with Gasteiger partial charge >= 0.3 is 0 Å². The quantitative estimate of drug-likeness (QED) is 0.515. The second kappa shape index (κ2) is 9.71. The SMILES string of the molecule is CCOc1ccc([C@H]2c3c(oc4ccc(C)cc4c3=O)C(=O)N2CCN2CCOCC2)cc1OC. The van der Waals surface area contributed by atoms with Crippen molar-refractivity contribution in [3.63, 3.8) is 0 Å². The summed E-state index contributed by atoms with van der Waals surface area (Å²) in [4.78, 5) is 31.4. The Morgan fingerprint density at radius 2 is 1.83 bits per heavy atom. The minimum Gasteiger partial charge on any atom is -0.493 e. The number of ether oxygens (including phenoxy) is 3. The Morgan fingerprint density at radius 1 is 1.03 bits per heavy atom. The number of morpholine rings is 1. The number of benzene rings is 2. The van der Waals surface area contributed by atoms with Crippen molar-refractivity contribution in [3.05, 3.63) is 69.1 Å². The number of carbonyl (C=O) groups excluding carboxylic acids is 1. The molecule has 8 heteroatoms. The van der Waals surface area contributed by atoms with E-state index in [4.69, 9.17) is 18.6 Å². The average molecular weight is 479 g/mol. The van der Waals surface area contributed by atoms with Gasteiger partial charge in [0.15, 0.2) is 16.9 Å². The molecule has 1 atom stereocenters. The van der Waals surface area contributed by atoms with Crippen LogP contribution in [0.3, 0.4) is 0 Å². The lowest BCUT2D eigenvalue weighted by molar-refractivity contribution is 0.0314. The van der Waals surface area contributed by atoms with Crippen molar-refractivity contribution in [1.29, 1.82) is 0 Å². The third-order valence-electron chi connectivity index (χ3n) is 6.69. The molecule has 1 amide bonds. The molecule has 0 radical (unpaired) electrons. The van der Waals surface area contributed by atoms with Crippen LogP contribution in [0.2, 0.25) is 0 Å². The van der Waals surface area contributed by atoms with Crippen molar-refractivity contribution in [2.75, 3.05) is 53.1 Å². The Kier molecular flexibility index (Phi) is 6.49. The van der Waals surface area contributed by atoms with Gasteiger partial charge in [0.25, 0.3) is 5.91 Å². The van der Waals surface area contributed by atoms with Gasteiger partial charge < -0.3 is 23.5 Å². The molecule has 3 heterocycles. The molecule has 5 rings (SSSR count). The van der Waals surface area contributed by atoms with Gasteiger partial charge in [-0.2, -0.15) is 0 Å². The molecule has 0 N–H and O–H groups in total. The number of aryl methyl sites for hydroxylation is 1. The van der Waals surface area contributed by atoms with E-state index in [2.05, 4.69) is 4.90 Å². The molecule has 0 saturated carbocycles. The summed E-state index contributed by atoms with van der Waals surface area (Å²) in [5, 5.41) is 0.481. The molecule has 0 bridgehead atoms. The lowest BCUT2D eigenvalue weighted by Crippen LogP contribution is -2.42. The van der Waals surface area contributed by atoms with E-state index in [1.54, 1.807) is 18.1 Å². The van der Waals surface area contributed by atoms with Crippen molar-refractivity contribution in [1.82, 2.24) is 9.80 Å². The first-order valence-corrected chi connectivity index (χ1v) is 12.0. The fraction of sp³-hybridized carbons (Fsp3) is 0.407. The zero-order valence-electron chi connectivity index (χ0n) is 20.3. The highest BCUT2D eigenvalue weighted by atomic mass is 16.5. The van der Waals surface area contributed by atoms with Gasteiger partial charge in [-0.05, 0) is 43.7 Å². The van der Waals surface area contributed by atoms with Gasteiger partial charge in [-0.15, -0.1) is 0 Å². The first-order chi connectivity index (χ1) is 17.0. The molecule has 0 spiro atoms. The van der Waals surface area contributed by atoms with Gasteiger partial charge in [0, 0.05) is 26.2 Å². The minimum absolute atomic E-state index is 0.117. The highest BCUT2D eigenvalue weighted by Crippen LogP contribution is 2.41. The molecular weight excluding hydrogens is 448 g/mol. The van der Waals surface area contributed by atoms with Crippen molar-refractivity contribution >= 4 is 16.9 Å². The Bertz CT molecular complexity index is 1310. The molecule has 35 heavy (non-hydrogen) atoms. The zero-order valence-corrected chi connectivity index (χ0v) is 20.3. The van der Waals surface area contributed by atoms with E-state index >= 15 is 0 Å². The van der Waals surface area contributed by atoms with Crippen molar-refractivity contribution in [2.45, 2.75) is 19.9 Å². The van der Waals surface area contributed by atoms with Crippen LogP contribution < -0.4 is 14.9 Å². The van der Waals surface area contributed by atoms with Crippen molar-refractivity contribution < 1.29 is 23.4 Å². The Hall–Kier alpha value is -3.36. The Morgan fingerprint density at radius 3 is 2.57 bits per heavy atom. The first-order valence-electron chi connectivity index (χ1n) is 12.0. The molecule has 8 nitrogen and oxygen atoms in total. The van der Waals surface area contributed by atoms with Crippen LogP contribution >= 0.6 is 0 Å². The van der Waals surface area contributed by atoms with E-state index in [1.165, 1.54) is 0 Å². The molecule has 3 aromatic rings. The molecule has 2 aromatic carbocycles. The maximum absolute atomic E-state index is 13.8. The maximum Gasteiger partial charge on any atom is 0.290 e. The first kappa shape index (κ1) is 23.4. The van der Waals surface area contributed by atoms with E-state index in [0.29, 0.717) is 60.9 Å². The number of nitrogens with zero attached hydrogens (tertiary/aromatic N) is 2. The van der Waals surface area contributed by atoms with Crippen LogP contribution in [0.5, 0.6) is 11.5 Å². The van der Waals surface area contributed by atoms with Crippen LogP contribution in [-0.4, -0.2) is 68.8 Å². The molecule has 1 aromatic heterocycles. The van der Waals surface area contributed by atoms with E-state index in [9.17, 15) is 9.59 Å². The summed E-state index contributed by atoms with van der Waals surface area (Å²) in [6.07, 6.45) is 0. The summed E-state index contributed by atoms with van der Waals surface area (Å²) < 4.78 is 22.8. The standard InChI is InChI=1S/C27H30N2O6/c1-4-34-21-8-6-18(16-22(21)32-3)24-23-25(30)19-15-17(2)5-7-20(19)35-26(23)27(31)29(24)10-9-28-11-13-33-14-12-28/h5-8,15-16,24H,4,9-14H2,1-3H3/t24-/m0/s1. The Labute approximate surface area is 204 Å². The lowest BCUT2D eigenvalue weighted by Gasteiger charge is -2.31. The van der Waals surface area contributed by atoms with Gasteiger partial charge in [-0.3, -0.25) is 14.5 Å². The van der Waals surface area contributed by atoms with E-state index < -0.39 is 6.04 Å². The second-order valence-corrected chi connectivity index (χ2v) is 8.87. The van der Waals surface area contributed by atoms with Gasteiger partial charge in [0.1, 0.15) is 5.58 Å². The van der Waals surface area contributed by atoms with E-state index in [0.717, 1.165) is 24.2 Å². The van der Waals surface area contributed by atoms with Crippen LogP contribution in [0.15, 0.2) is 45.6 Å². The molecule has 0 aliphatic carbocycles. The smallest absolute Gasteiger partial charge is 0.290 e. The number of hydrogen-bond donors (Lipinski definition) is 0. The number of carbonyl (C=O) groups is 1. The topological polar surface area (TPSA) is 81.5 Å². The summed E-state index contributed by atoms with van der Waals surface area (Å²) in [6.45, 7) is 8.47. The third kappa shape index (κ3) is 4.28. The lowest BCUT2D eigenvalue weighted by atomic mass is 9.97. The van der Waals surface area contributed by atoms with Gasteiger partial charge in [-0.1, -0.05) is 17.7 Å². The Balaban J connectivity index is 1.62. The summed E-state index contributed by atoms with van der Waals surface area (Å²) in [5.74, 6) is 1.01. The molecule has 184 valence electrons. The number of amides is 1. The van der Waals surface area contributed by atoms with E-state index in [1.807, 2.05) is 44.2 Å². The number of fused-ring (bicyclic) bond motifs is 2. The average Bonchev–Trinajstić information content (AvgIpc) is 3.16. The molecular formula is C27H30N2O6. The monoisotopic (exact) mass is 478 g/mol. The molecule has 2 aliphatic heterocycles. The van der Waals surface area contributed by atoms with Crippen LogP contribution in [-0.2, 0) is 4.74 Å². The number of hydrogen-bond acceptors (Lipinski definition) is 7. The summed E-state index contributed by atoms with van der Waals surface area (Å²) >= 11 is 0. The highest BCUT2D eigenvalue weighted by molar-refractivity contribution is 5.99. The third-order valence-corrected chi connectivity index (χ3v) is 6.69. The highest BCUT2D eigenvalue weighted by Gasteiger charge is 2.43. The molecule has 1 saturated heterocycles. The second-order valence-electron chi connectivity index (χ2n) is 8.87. The fourth-order valence-electron chi connectivity index (χ4n) is 4.91. The fourth-order valence-corrected chi connectivity index (χ4v) is 4.91. The predicted octanol–water partition coefficient (Wildman–Crippen LogP) is 3.39.